The first kappa shape index (κ1) is 19.0. The molecule has 7 heteroatoms. The highest BCUT2D eigenvalue weighted by atomic mass is 32.1. The van der Waals surface area contributed by atoms with Gasteiger partial charge in [0.15, 0.2) is 5.13 Å². The molecule has 0 fully saturated rings. The third kappa shape index (κ3) is 4.14. The second-order valence-corrected chi connectivity index (χ2v) is 7.80. The number of hydrogen-bond acceptors (Lipinski definition) is 5. The summed E-state index contributed by atoms with van der Waals surface area (Å²) < 4.78 is 1.45. The largest absolute Gasteiger partial charge is 0.302 e. The molecule has 0 bridgehead atoms. The first-order chi connectivity index (χ1) is 12.9. The quantitative estimate of drug-likeness (QED) is 0.717. The number of nitrogens with one attached hydrogen (secondary N) is 1. The minimum absolute atomic E-state index is 0.0503. The number of nitrogens with zero attached hydrogens (tertiary/aromatic N) is 3. The molecule has 6 nitrogen and oxygen atoms in total. The Labute approximate surface area is 161 Å². The van der Waals surface area contributed by atoms with E-state index < -0.39 is 0 Å². The molecule has 0 spiro atoms. The Morgan fingerprint density at radius 1 is 1.07 bits per heavy atom. The lowest BCUT2D eigenvalue weighted by atomic mass is 10.1. The Bertz CT molecular complexity index is 1010. The van der Waals surface area contributed by atoms with E-state index in [1.54, 1.807) is 6.07 Å². The molecule has 0 unspecified atom stereocenters. The highest BCUT2D eigenvalue weighted by Crippen LogP contribution is 2.38. The number of thiazole rings is 1. The van der Waals surface area contributed by atoms with E-state index in [4.69, 9.17) is 0 Å². The molecule has 0 aliphatic heterocycles. The van der Waals surface area contributed by atoms with E-state index in [-0.39, 0.29) is 23.4 Å². The highest BCUT2D eigenvalue weighted by molar-refractivity contribution is 7.19. The molecule has 0 saturated heterocycles. The lowest BCUT2D eigenvalue weighted by Gasteiger charge is -2.09. The molecule has 3 rings (SSSR count). The zero-order valence-electron chi connectivity index (χ0n) is 15.8. The molecular formula is C20H22N4O2S. The number of amides is 1. The maximum atomic E-state index is 12.1. The molecule has 1 amide bonds. The molecule has 0 atom stereocenters. The van der Waals surface area contributed by atoms with Crippen LogP contribution in [0.2, 0.25) is 0 Å². The van der Waals surface area contributed by atoms with Crippen LogP contribution in [0.3, 0.4) is 0 Å². The Morgan fingerprint density at radius 2 is 1.78 bits per heavy atom. The number of carbonyl (C=O) groups is 1. The van der Waals surface area contributed by atoms with Gasteiger partial charge in [0.05, 0.1) is 16.6 Å². The van der Waals surface area contributed by atoms with Crippen molar-refractivity contribution in [1.82, 2.24) is 14.8 Å². The number of anilines is 1. The molecule has 0 saturated carbocycles. The normalized spacial score (nSPS) is 11.2. The third-order valence-corrected chi connectivity index (χ3v) is 4.97. The van der Waals surface area contributed by atoms with Crippen molar-refractivity contribution in [3.05, 3.63) is 52.8 Å². The SMILES string of the molecule is CC(C)C(=O)Nc1nc(-c2ccccc2)c(-c2ccc(=O)n(C(C)C)n2)s1. The van der Waals surface area contributed by atoms with Crippen LogP contribution in [-0.2, 0) is 4.79 Å². The molecule has 2 heterocycles. The summed E-state index contributed by atoms with van der Waals surface area (Å²) in [6, 6.07) is 12.9. The fraction of sp³-hybridized carbons (Fsp3) is 0.300. The summed E-state index contributed by atoms with van der Waals surface area (Å²) >= 11 is 1.36. The van der Waals surface area contributed by atoms with Gasteiger partial charge in [-0.15, -0.1) is 0 Å². The van der Waals surface area contributed by atoms with E-state index in [1.807, 2.05) is 58.0 Å². The number of carbonyl (C=O) groups excluding carboxylic acids is 1. The Balaban J connectivity index is 2.13. The summed E-state index contributed by atoms with van der Waals surface area (Å²) in [5, 5.41) is 7.90. The maximum Gasteiger partial charge on any atom is 0.267 e. The minimum atomic E-state index is -0.145. The number of rotatable bonds is 5. The van der Waals surface area contributed by atoms with Crippen LogP contribution in [0.5, 0.6) is 0 Å². The summed E-state index contributed by atoms with van der Waals surface area (Å²) in [5.41, 5.74) is 2.18. The van der Waals surface area contributed by atoms with E-state index in [0.29, 0.717) is 10.8 Å². The Hall–Kier alpha value is -2.80. The second kappa shape index (κ2) is 7.84. The van der Waals surface area contributed by atoms with Crippen LogP contribution < -0.4 is 10.9 Å². The van der Waals surface area contributed by atoms with Gasteiger partial charge in [-0.05, 0) is 19.9 Å². The smallest absolute Gasteiger partial charge is 0.267 e. The van der Waals surface area contributed by atoms with Gasteiger partial charge < -0.3 is 5.32 Å². The van der Waals surface area contributed by atoms with E-state index in [9.17, 15) is 9.59 Å². The van der Waals surface area contributed by atoms with Crippen molar-refractivity contribution >= 4 is 22.4 Å². The first-order valence-corrected chi connectivity index (χ1v) is 9.66. The predicted molar refractivity (Wildman–Crippen MR) is 109 cm³/mol. The van der Waals surface area contributed by atoms with Gasteiger partial charge in [-0.25, -0.2) is 9.67 Å². The monoisotopic (exact) mass is 382 g/mol. The van der Waals surface area contributed by atoms with Crippen LogP contribution in [0.15, 0.2) is 47.3 Å². The minimum Gasteiger partial charge on any atom is -0.302 e. The summed E-state index contributed by atoms with van der Waals surface area (Å²) in [6.45, 7) is 7.50. The van der Waals surface area contributed by atoms with E-state index >= 15 is 0 Å². The van der Waals surface area contributed by atoms with Crippen molar-refractivity contribution in [3.63, 3.8) is 0 Å². The molecule has 140 valence electrons. The molecule has 0 aliphatic rings. The fourth-order valence-corrected chi connectivity index (χ4v) is 3.46. The van der Waals surface area contributed by atoms with E-state index in [0.717, 1.165) is 16.1 Å². The van der Waals surface area contributed by atoms with E-state index in [2.05, 4.69) is 15.4 Å². The molecule has 3 aromatic rings. The zero-order chi connectivity index (χ0) is 19.6. The van der Waals surface area contributed by atoms with Gasteiger partial charge in [-0.3, -0.25) is 9.59 Å². The van der Waals surface area contributed by atoms with Crippen LogP contribution in [0.4, 0.5) is 5.13 Å². The molecule has 2 aromatic heterocycles. The standard InChI is InChI=1S/C20H22N4O2S/c1-12(2)19(26)22-20-21-17(14-8-6-5-7-9-14)18(27-20)15-10-11-16(25)24(23-15)13(3)4/h5-13H,1-4H3,(H,21,22,26). The summed E-state index contributed by atoms with van der Waals surface area (Å²) in [4.78, 5) is 29.6. The van der Waals surface area contributed by atoms with Crippen molar-refractivity contribution in [2.24, 2.45) is 5.92 Å². The Morgan fingerprint density at radius 3 is 2.41 bits per heavy atom. The summed E-state index contributed by atoms with van der Waals surface area (Å²) in [7, 11) is 0. The van der Waals surface area contributed by atoms with Crippen molar-refractivity contribution in [1.29, 1.82) is 0 Å². The molecule has 0 aliphatic carbocycles. The van der Waals surface area contributed by atoms with Crippen LogP contribution in [-0.4, -0.2) is 20.7 Å². The number of aromatic nitrogens is 3. The van der Waals surface area contributed by atoms with Crippen LogP contribution >= 0.6 is 11.3 Å². The van der Waals surface area contributed by atoms with Gasteiger partial charge in [0.25, 0.3) is 5.56 Å². The van der Waals surface area contributed by atoms with Gasteiger partial charge in [0.1, 0.15) is 5.69 Å². The van der Waals surface area contributed by atoms with Crippen molar-refractivity contribution in [3.8, 4) is 21.8 Å². The van der Waals surface area contributed by atoms with Crippen LogP contribution in [0.25, 0.3) is 21.8 Å². The number of benzene rings is 1. The molecule has 27 heavy (non-hydrogen) atoms. The predicted octanol–water partition coefficient (Wildman–Crippen LogP) is 4.21. The average molecular weight is 382 g/mol. The molecule has 1 aromatic carbocycles. The summed E-state index contributed by atoms with van der Waals surface area (Å²) in [5.74, 6) is -0.228. The van der Waals surface area contributed by atoms with Crippen molar-refractivity contribution < 1.29 is 4.79 Å². The lowest BCUT2D eigenvalue weighted by molar-refractivity contribution is -0.118. The zero-order valence-corrected chi connectivity index (χ0v) is 16.6. The highest BCUT2D eigenvalue weighted by Gasteiger charge is 2.19. The molecule has 1 N–H and O–H groups in total. The van der Waals surface area contributed by atoms with Gasteiger partial charge in [0.2, 0.25) is 5.91 Å². The Kier molecular flexibility index (Phi) is 5.51. The van der Waals surface area contributed by atoms with Gasteiger partial charge in [0, 0.05) is 17.5 Å². The average Bonchev–Trinajstić information content (AvgIpc) is 3.06. The second-order valence-electron chi connectivity index (χ2n) is 6.80. The first-order valence-electron chi connectivity index (χ1n) is 8.84. The summed E-state index contributed by atoms with van der Waals surface area (Å²) in [6.07, 6.45) is 0. The lowest BCUT2D eigenvalue weighted by Crippen LogP contribution is -2.23. The fourth-order valence-electron chi connectivity index (χ4n) is 2.50. The van der Waals surface area contributed by atoms with Gasteiger partial charge in [-0.2, -0.15) is 5.10 Å². The van der Waals surface area contributed by atoms with Crippen LogP contribution in [0, 0.1) is 5.92 Å². The van der Waals surface area contributed by atoms with Gasteiger partial charge >= 0.3 is 0 Å². The van der Waals surface area contributed by atoms with Crippen LogP contribution in [0.1, 0.15) is 33.7 Å². The van der Waals surface area contributed by atoms with Crippen molar-refractivity contribution in [2.75, 3.05) is 5.32 Å². The maximum absolute atomic E-state index is 12.1. The van der Waals surface area contributed by atoms with Crippen molar-refractivity contribution in [2.45, 2.75) is 33.7 Å². The third-order valence-electron chi connectivity index (χ3n) is 3.98. The topological polar surface area (TPSA) is 76.9 Å². The van der Waals surface area contributed by atoms with E-state index in [1.165, 1.54) is 22.1 Å². The number of hydrogen-bond donors (Lipinski definition) is 1. The van der Waals surface area contributed by atoms with Gasteiger partial charge in [-0.1, -0.05) is 55.5 Å². The molecular weight excluding hydrogens is 360 g/mol. The molecule has 0 radical (unpaired) electrons.